The zero-order valence-electron chi connectivity index (χ0n) is 19.9. The third-order valence-corrected chi connectivity index (χ3v) is 7.80. The second-order valence-electron chi connectivity index (χ2n) is 8.51. The van der Waals surface area contributed by atoms with E-state index in [0.717, 1.165) is 26.2 Å². The molecule has 182 valence electrons. The average Bonchev–Trinajstić information content (AvgIpc) is 3.25. The van der Waals surface area contributed by atoms with Gasteiger partial charge >= 0.3 is 0 Å². The third-order valence-electron chi connectivity index (χ3n) is 6.13. The van der Waals surface area contributed by atoms with Crippen molar-refractivity contribution >= 4 is 26.7 Å². The average molecular weight is 503 g/mol. The summed E-state index contributed by atoms with van der Waals surface area (Å²) >= 11 is 0. The minimum atomic E-state index is -3.99. The first-order valence-corrected chi connectivity index (χ1v) is 12.5. The molecule has 2 aromatic carbocycles. The van der Waals surface area contributed by atoms with Crippen molar-refractivity contribution in [1.82, 2.24) is 13.9 Å². The van der Waals surface area contributed by atoms with Crippen LogP contribution in [-0.4, -0.2) is 29.5 Å². The van der Waals surface area contributed by atoms with Gasteiger partial charge in [0, 0.05) is 52.9 Å². The minimum absolute atomic E-state index is 0.126. The summed E-state index contributed by atoms with van der Waals surface area (Å²) < 4.78 is 47.9. The number of hydrogen-bond donors (Lipinski definition) is 1. The summed E-state index contributed by atoms with van der Waals surface area (Å²) in [6, 6.07) is 14.8. The van der Waals surface area contributed by atoms with E-state index in [4.69, 9.17) is 10.5 Å². The van der Waals surface area contributed by atoms with E-state index in [-0.39, 0.29) is 10.5 Å². The number of methoxy groups -OCH3 is 1. The van der Waals surface area contributed by atoms with Gasteiger partial charge in [0.15, 0.2) is 5.65 Å². The number of ether oxygens (including phenoxy) is 1. The van der Waals surface area contributed by atoms with Crippen LogP contribution in [0.15, 0.2) is 78.1 Å². The van der Waals surface area contributed by atoms with Gasteiger partial charge in [0.05, 0.1) is 12.0 Å². The fourth-order valence-corrected chi connectivity index (χ4v) is 5.62. The number of rotatable bonds is 5. The zero-order chi connectivity index (χ0) is 25.6. The van der Waals surface area contributed by atoms with Crippen molar-refractivity contribution in [3.05, 3.63) is 90.3 Å². The number of pyridine rings is 2. The van der Waals surface area contributed by atoms with Crippen molar-refractivity contribution in [2.45, 2.75) is 18.7 Å². The summed E-state index contributed by atoms with van der Waals surface area (Å²) in [5.41, 5.74) is 11.0. The first-order valence-electron chi connectivity index (χ1n) is 11.1. The van der Waals surface area contributed by atoms with Gasteiger partial charge in [-0.2, -0.15) is 4.39 Å². The van der Waals surface area contributed by atoms with Crippen LogP contribution in [0.5, 0.6) is 5.75 Å². The van der Waals surface area contributed by atoms with E-state index in [1.807, 2.05) is 19.9 Å². The first-order chi connectivity index (χ1) is 17.2. The van der Waals surface area contributed by atoms with Crippen LogP contribution in [0.2, 0.25) is 0 Å². The largest absolute Gasteiger partial charge is 0.497 e. The molecule has 3 aromatic heterocycles. The summed E-state index contributed by atoms with van der Waals surface area (Å²) in [6.07, 6.45) is 4.44. The van der Waals surface area contributed by atoms with Crippen LogP contribution in [0.1, 0.15) is 11.1 Å². The fourth-order valence-electron chi connectivity index (χ4n) is 4.30. The third kappa shape index (κ3) is 3.97. The Labute approximate surface area is 208 Å². The molecule has 0 saturated heterocycles. The fraction of sp³-hybridized carbons (Fsp3) is 0.111. The Bertz CT molecular complexity index is 1730. The molecule has 2 N–H and O–H groups in total. The highest BCUT2D eigenvalue weighted by molar-refractivity contribution is 7.90. The van der Waals surface area contributed by atoms with Crippen molar-refractivity contribution in [1.29, 1.82) is 0 Å². The molecule has 0 unspecified atom stereocenters. The number of benzene rings is 2. The molecular weight excluding hydrogens is 479 g/mol. The van der Waals surface area contributed by atoms with Crippen LogP contribution in [0.4, 0.5) is 10.1 Å². The van der Waals surface area contributed by atoms with Crippen LogP contribution in [-0.2, 0) is 10.0 Å². The number of nitrogens with two attached hydrogens (primary N) is 1. The lowest BCUT2D eigenvalue weighted by atomic mass is 9.96. The molecule has 36 heavy (non-hydrogen) atoms. The number of aromatic nitrogens is 3. The Balaban J connectivity index is 1.83. The first kappa shape index (κ1) is 23.5. The summed E-state index contributed by atoms with van der Waals surface area (Å²) in [7, 11) is -2.43. The van der Waals surface area contributed by atoms with Gasteiger partial charge in [-0.3, -0.25) is 0 Å². The molecule has 9 heteroatoms. The molecule has 0 bridgehead atoms. The van der Waals surface area contributed by atoms with Gasteiger partial charge in [0.2, 0.25) is 5.95 Å². The summed E-state index contributed by atoms with van der Waals surface area (Å²) in [5.74, 6) is -0.0856. The topological polar surface area (TPSA) is 100 Å². The number of halogens is 1. The summed E-state index contributed by atoms with van der Waals surface area (Å²) in [5, 5.41) is 0.579. The number of fused-ring (bicyclic) bond motifs is 1. The molecule has 0 aliphatic carbocycles. The summed E-state index contributed by atoms with van der Waals surface area (Å²) in [6.45, 7) is 3.76. The number of hydrogen-bond acceptors (Lipinski definition) is 6. The Hall–Kier alpha value is -4.24. The molecule has 0 aliphatic heterocycles. The molecule has 5 aromatic rings. The number of nitrogen functional groups attached to an aromatic ring is 1. The van der Waals surface area contributed by atoms with Crippen molar-refractivity contribution in [2.75, 3.05) is 12.8 Å². The highest BCUT2D eigenvalue weighted by atomic mass is 32.2. The van der Waals surface area contributed by atoms with Crippen LogP contribution >= 0.6 is 0 Å². The summed E-state index contributed by atoms with van der Waals surface area (Å²) in [4.78, 5) is 8.34. The van der Waals surface area contributed by atoms with E-state index in [1.54, 1.807) is 55.8 Å². The molecule has 0 saturated carbocycles. The maximum absolute atomic E-state index is 14.1. The highest BCUT2D eigenvalue weighted by Crippen LogP contribution is 2.39. The monoisotopic (exact) mass is 502 g/mol. The van der Waals surface area contributed by atoms with Gasteiger partial charge in [-0.25, -0.2) is 22.4 Å². The SMILES string of the molecule is COc1cc(N)cc(-c2cnc3c(c(-c4ccnc(F)c4)cn3S(=O)(=O)c3ccc(C)cc3)c2C)c1. The lowest BCUT2D eigenvalue weighted by Crippen LogP contribution is -2.12. The maximum Gasteiger partial charge on any atom is 0.269 e. The van der Waals surface area contributed by atoms with Gasteiger partial charge < -0.3 is 10.5 Å². The van der Waals surface area contributed by atoms with Gasteiger partial charge in [-0.05, 0) is 60.9 Å². The number of anilines is 1. The van der Waals surface area contributed by atoms with E-state index in [9.17, 15) is 12.8 Å². The van der Waals surface area contributed by atoms with E-state index in [2.05, 4.69) is 9.97 Å². The van der Waals surface area contributed by atoms with Crippen molar-refractivity contribution in [3.8, 4) is 28.0 Å². The molecule has 3 heterocycles. The highest BCUT2D eigenvalue weighted by Gasteiger charge is 2.25. The maximum atomic E-state index is 14.1. The normalized spacial score (nSPS) is 11.7. The van der Waals surface area contributed by atoms with Crippen molar-refractivity contribution in [2.24, 2.45) is 0 Å². The van der Waals surface area contributed by atoms with Crippen LogP contribution in [0, 0.1) is 19.8 Å². The second-order valence-corrected chi connectivity index (χ2v) is 10.3. The Morgan fingerprint density at radius 2 is 1.69 bits per heavy atom. The molecule has 0 radical (unpaired) electrons. The van der Waals surface area contributed by atoms with Gasteiger partial charge in [0.1, 0.15) is 5.75 Å². The molecule has 0 atom stereocenters. The van der Waals surface area contributed by atoms with Crippen LogP contribution < -0.4 is 10.5 Å². The standard InChI is InChI=1S/C27H23FN4O3S/c1-16-4-6-22(7-5-16)36(33,34)32-15-24(18-8-9-30-25(28)12-18)26-17(2)23(14-31-27(26)32)19-10-20(29)13-21(11-19)35-3/h4-15H,29H2,1-3H3. The molecule has 0 aliphatic rings. The van der Waals surface area contributed by atoms with Crippen molar-refractivity contribution < 1.29 is 17.5 Å². The smallest absolute Gasteiger partial charge is 0.269 e. The van der Waals surface area contributed by atoms with Gasteiger partial charge in [0.25, 0.3) is 10.0 Å². The van der Waals surface area contributed by atoms with E-state index in [0.29, 0.717) is 28.0 Å². The van der Waals surface area contributed by atoms with Crippen LogP contribution in [0.3, 0.4) is 0 Å². The van der Waals surface area contributed by atoms with Crippen molar-refractivity contribution in [3.63, 3.8) is 0 Å². The van der Waals surface area contributed by atoms with E-state index in [1.165, 1.54) is 18.5 Å². The lowest BCUT2D eigenvalue weighted by molar-refractivity contribution is 0.415. The Morgan fingerprint density at radius 3 is 2.39 bits per heavy atom. The zero-order valence-corrected chi connectivity index (χ0v) is 20.7. The Kier molecular flexibility index (Phi) is 5.72. The second kappa shape index (κ2) is 8.76. The van der Waals surface area contributed by atoms with Crippen LogP contribution in [0.25, 0.3) is 33.3 Å². The minimum Gasteiger partial charge on any atom is -0.497 e. The number of aryl methyl sites for hydroxylation is 2. The van der Waals surface area contributed by atoms with Gasteiger partial charge in [-0.15, -0.1) is 0 Å². The quantitative estimate of drug-likeness (QED) is 0.257. The molecule has 0 fully saturated rings. The van der Waals surface area contributed by atoms with E-state index < -0.39 is 16.0 Å². The Morgan fingerprint density at radius 1 is 0.944 bits per heavy atom. The molecule has 7 nitrogen and oxygen atoms in total. The molecule has 0 spiro atoms. The molecule has 0 amide bonds. The molecule has 5 rings (SSSR count). The predicted octanol–water partition coefficient (Wildman–Crippen LogP) is 5.35. The lowest BCUT2D eigenvalue weighted by Gasteiger charge is -2.12. The predicted molar refractivity (Wildman–Crippen MR) is 138 cm³/mol. The van der Waals surface area contributed by atoms with E-state index >= 15 is 0 Å². The molecular formula is C27H23FN4O3S. The number of nitrogens with zero attached hydrogens (tertiary/aromatic N) is 3. The van der Waals surface area contributed by atoms with Gasteiger partial charge in [-0.1, -0.05) is 17.7 Å².